The van der Waals surface area contributed by atoms with Gasteiger partial charge in [-0.15, -0.1) is 17.3 Å². The van der Waals surface area contributed by atoms with Gasteiger partial charge >= 0.3 is 0 Å². The van der Waals surface area contributed by atoms with Crippen molar-refractivity contribution in [1.29, 1.82) is 0 Å². The lowest BCUT2D eigenvalue weighted by Gasteiger charge is -2.33. The van der Waals surface area contributed by atoms with Gasteiger partial charge in [-0.1, -0.05) is 25.0 Å². The molecule has 3 heteroatoms. The SMILES string of the molecule is CC#Cc1sc2c(NC3CCC(N(C)C)CC3)cccc2c1CC. The third-order valence-corrected chi connectivity index (χ3v) is 6.39. The van der Waals surface area contributed by atoms with E-state index in [0.29, 0.717) is 6.04 Å². The molecule has 1 aromatic heterocycles. The molecule has 128 valence electrons. The maximum absolute atomic E-state index is 3.83. The monoisotopic (exact) mass is 340 g/mol. The summed E-state index contributed by atoms with van der Waals surface area (Å²) in [5, 5.41) is 5.22. The van der Waals surface area contributed by atoms with Gasteiger partial charge < -0.3 is 10.2 Å². The average Bonchev–Trinajstić information content (AvgIpc) is 2.94. The summed E-state index contributed by atoms with van der Waals surface area (Å²) >= 11 is 1.85. The van der Waals surface area contributed by atoms with Crippen LogP contribution in [-0.4, -0.2) is 31.1 Å². The molecule has 1 fully saturated rings. The van der Waals surface area contributed by atoms with Gasteiger partial charge in [0.1, 0.15) is 0 Å². The summed E-state index contributed by atoms with van der Waals surface area (Å²) in [6.45, 7) is 4.15. The first-order valence-corrected chi connectivity index (χ1v) is 9.85. The predicted molar refractivity (Wildman–Crippen MR) is 107 cm³/mol. The molecular weight excluding hydrogens is 312 g/mol. The van der Waals surface area contributed by atoms with Crippen LogP contribution in [0, 0.1) is 11.8 Å². The summed E-state index contributed by atoms with van der Waals surface area (Å²) < 4.78 is 1.38. The van der Waals surface area contributed by atoms with Crippen LogP contribution in [0.1, 0.15) is 50.0 Å². The minimum absolute atomic E-state index is 0.597. The van der Waals surface area contributed by atoms with Crippen LogP contribution in [0.25, 0.3) is 10.1 Å². The minimum Gasteiger partial charge on any atom is -0.381 e. The molecule has 0 spiro atoms. The summed E-state index contributed by atoms with van der Waals surface area (Å²) in [5.41, 5.74) is 2.70. The lowest BCUT2D eigenvalue weighted by atomic mass is 9.90. The molecule has 1 aliphatic carbocycles. The Balaban J connectivity index is 1.84. The molecule has 0 amide bonds. The largest absolute Gasteiger partial charge is 0.381 e. The van der Waals surface area contributed by atoms with Crippen molar-refractivity contribution in [3.05, 3.63) is 28.6 Å². The third kappa shape index (κ3) is 3.45. The molecule has 3 rings (SSSR count). The number of hydrogen-bond acceptors (Lipinski definition) is 3. The van der Waals surface area contributed by atoms with Gasteiger partial charge in [-0.2, -0.15) is 0 Å². The second kappa shape index (κ2) is 7.59. The first-order valence-electron chi connectivity index (χ1n) is 9.04. The first kappa shape index (κ1) is 17.3. The molecule has 1 heterocycles. The lowest BCUT2D eigenvalue weighted by molar-refractivity contribution is 0.221. The highest BCUT2D eigenvalue weighted by atomic mass is 32.1. The minimum atomic E-state index is 0.597. The van der Waals surface area contributed by atoms with Crippen molar-refractivity contribution in [2.45, 2.75) is 58.0 Å². The fourth-order valence-electron chi connectivity index (χ4n) is 3.81. The molecular formula is C21H28N2S. The van der Waals surface area contributed by atoms with E-state index in [1.54, 1.807) is 0 Å². The van der Waals surface area contributed by atoms with Gasteiger partial charge in [-0.3, -0.25) is 0 Å². The van der Waals surface area contributed by atoms with Crippen molar-refractivity contribution in [2.24, 2.45) is 0 Å². The second-order valence-corrected chi connectivity index (χ2v) is 7.95. The number of nitrogens with one attached hydrogen (secondary N) is 1. The van der Waals surface area contributed by atoms with E-state index in [4.69, 9.17) is 0 Å². The molecule has 0 radical (unpaired) electrons. The molecule has 24 heavy (non-hydrogen) atoms. The number of aryl methyl sites for hydroxylation is 1. The Hall–Kier alpha value is -1.50. The van der Waals surface area contributed by atoms with Gasteiger partial charge in [0.25, 0.3) is 0 Å². The Bertz CT molecular complexity index is 755. The van der Waals surface area contributed by atoms with Crippen LogP contribution in [0.3, 0.4) is 0 Å². The van der Waals surface area contributed by atoms with Crippen molar-refractivity contribution >= 4 is 27.1 Å². The molecule has 0 atom stereocenters. The second-order valence-electron chi connectivity index (χ2n) is 6.93. The number of thiophene rings is 1. The summed E-state index contributed by atoms with van der Waals surface area (Å²) in [6, 6.07) is 8.02. The molecule has 0 aliphatic heterocycles. The topological polar surface area (TPSA) is 15.3 Å². The maximum Gasteiger partial charge on any atom is 0.0813 e. The van der Waals surface area contributed by atoms with E-state index in [9.17, 15) is 0 Å². The van der Waals surface area contributed by atoms with Gasteiger partial charge in [0.2, 0.25) is 0 Å². The number of anilines is 1. The summed E-state index contributed by atoms with van der Waals surface area (Å²) in [6.07, 6.45) is 6.14. The van der Waals surface area contributed by atoms with Crippen LogP contribution in [0.4, 0.5) is 5.69 Å². The molecule has 2 aromatic rings. The standard InChI is InChI=1S/C21H28N2S/c1-5-8-20-17(6-2)18-9-7-10-19(21(18)24-20)22-15-11-13-16(14-12-15)23(3)4/h7,9-10,15-16,22H,6,11-14H2,1-4H3. The van der Waals surface area contributed by atoms with Gasteiger partial charge in [0.05, 0.1) is 15.3 Å². The van der Waals surface area contributed by atoms with Crippen LogP contribution in [-0.2, 0) is 6.42 Å². The molecule has 0 saturated heterocycles. The molecule has 0 bridgehead atoms. The van der Waals surface area contributed by atoms with E-state index in [1.165, 1.54) is 51.9 Å². The van der Waals surface area contributed by atoms with Gasteiger partial charge in [-0.05, 0) is 70.1 Å². The Kier molecular flexibility index (Phi) is 5.48. The van der Waals surface area contributed by atoms with Crippen molar-refractivity contribution in [2.75, 3.05) is 19.4 Å². The summed E-state index contributed by atoms with van der Waals surface area (Å²) in [7, 11) is 4.40. The average molecular weight is 341 g/mol. The Morgan fingerprint density at radius 1 is 1.21 bits per heavy atom. The van der Waals surface area contributed by atoms with E-state index in [1.807, 2.05) is 18.3 Å². The number of rotatable bonds is 4. The van der Waals surface area contributed by atoms with E-state index in [2.05, 4.69) is 61.3 Å². The van der Waals surface area contributed by atoms with Crippen molar-refractivity contribution in [3.8, 4) is 11.8 Å². The zero-order chi connectivity index (χ0) is 17.1. The van der Waals surface area contributed by atoms with Crippen LogP contribution >= 0.6 is 11.3 Å². The van der Waals surface area contributed by atoms with Gasteiger partial charge in [0.15, 0.2) is 0 Å². The highest BCUT2D eigenvalue weighted by molar-refractivity contribution is 7.20. The normalized spacial score (nSPS) is 20.9. The number of nitrogens with zero attached hydrogens (tertiary/aromatic N) is 1. The summed E-state index contributed by atoms with van der Waals surface area (Å²) in [5.74, 6) is 6.37. The summed E-state index contributed by atoms with van der Waals surface area (Å²) in [4.78, 5) is 3.61. The van der Waals surface area contributed by atoms with Crippen molar-refractivity contribution < 1.29 is 0 Å². The Morgan fingerprint density at radius 3 is 2.58 bits per heavy atom. The van der Waals surface area contributed by atoms with E-state index in [0.717, 1.165) is 12.5 Å². The highest BCUT2D eigenvalue weighted by Gasteiger charge is 2.23. The van der Waals surface area contributed by atoms with Crippen molar-refractivity contribution in [3.63, 3.8) is 0 Å². The maximum atomic E-state index is 3.83. The van der Waals surface area contributed by atoms with E-state index >= 15 is 0 Å². The van der Waals surface area contributed by atoms with Crippen LogP contribution in [0.5, 0.6) is 0 Å². The smallest absolute Gasteiger partial charge is 0.0813 e. The zero-order valence-electron chi connectivity index (χ0n) is 15.3. The number of fused-ring (bicyclic) bond motifs is 1. The number of benzene rings is 1. The van der Waals surface area contributed by atoms with Crippen LogP contribution < -0.4 is 5.32 Å². The Labute approximate surface area is 150 Å². The van der Waals surface area contributed by atoms with E-state index < -0.39 is 0 Å². The van der Waals surface area contributed by atoms with Gasteiger partial charge in [-0.25, -0.2) is 0 Å². The molecule has 1 aromatic carbocycles. The molecule has 2 nitrogen and oxygen atoms in total. The molecule has 0 unspecified atom stereocenters. The lowest BCUT2D eigenvalue weighted by Crippen LogP contribution is -2.36. The fourth-order valence-corrected chi connectivity index (χ4v) is 5.08. The fraction of sp³-hybridized carbons (Fsp3) is 0.524. The van der Waals surface area contributed by atoms with Crippen molar-refractivity contribution in [1.82, 2.24) is 4.90 Å². The zero-order valence-corrected chi connectivity index (χ0v) is 16.1. The molecule has 1 aliphatic rings. The molecule has 1 N–H and O–H groups in total. The molecule has 1 saturated carbocycles. The Morgan fingerprint density at radius 2 is 1.96 bits per heavy atom. The van der Waals surface area contributed by atoms with Crippen LogP contribution in [0.2, 0.25) is 0 Å². The first-order chi connectivity index (χ1) is 11.6. The van der Waals surface area contributed by atoms with Crippen LogP contribution in [0.15, 0.2) is 18.2 Å². The van der Waals surface area contributed by atoms with Gasteiger partial charge in [0, 0.05) is 12.1 Å². The highest BCUT2D eigenvalue weighted by Crippen LogP contribution is 2.37. The van der Waals surface area contributed by atoms with E-state index in [-0.39, 0.29) is 0 Å². The predicted octanol–water partition coefficient (Wildman–Crippen LogP) is 5.12. The number of hydrogen-bond donors (Lipinski definition) is 1. The quantitative estimate of drug-likeness (QED) is 0.777. The third-order valence-electron chi connectivity index (χ3n) is 5.20.